The molecule has 1 amide bonds. The van der Waals surface area contributed by atoms with Crippen LogP contribution >= 0.6 is 15.9 Å². The third kappa shape index (κ3) is 3.34. The average Bonchev–Trinajstić information content (AvgIpc) is 2.38. The first-order chi connectivity index (χ1) is 9.74. The van der Waals surface area contributed by atoms with E-state index in [-0.39, 0.29) is 12.1 Å². The molecule has 1 atom stereocenters. The van der Waals surface area contributed by atoms with Gasteiger partial charge in [-0.15, -0.1) is 0 Å². The van der Waals surface area contributed by atoms with E-state index in [0.29, 0.717) is 6.54 Å². The second-order valence-corrected chi connectivity index (χ2v) is 7.04. The molecule has 1 unspecified atom stereocenters. The Morgan fingerprint density at radius 3 is 2.62 bits per heavy atom. The number of methoxy groups -OCH3 is 1. The van der Waals surface area contributed by atoms with E-state index in [1.54, 1.807) is 12.0 Å². The van der Waals surface area contributed by atoms with Crippen LogP contribution in [0.2, 0.25) is 0 Å². The molecule has 21 heavy (non-hydrogen) atoms. The Labute approximate surface area is 134 Å². The summed E-state index contributed by atoms with van der Waals surface area (Å²) in [6.07, 6.45) is 0.532. The number of ether oxygens (including phenoxy) is 2. The molecule has 0 radical (unpaired) electrons. The zero-order chi connectivity index (χ0) is 15.8. The highest BCUT2D eigenvalue weighted by molar-refractivity contribution is 9.10. The maximum Gasteiger partial charge on any atom is 0.410 e. The van der Waals surface area contributed by atoms with Gasteiger partial charge in [0.2, 0.25) is 0 Å². The summed E-state index contributed by atoms with van der Waals surface area (Å²) in [5, 5.41) is 0. The molecule has 0 aliphatic carbocycles. The molecule has 0 N–H and O–H groups in total. The number of fused-ring (bicyclic) bond motifs is 1. The molecule has 0 bridgehead atoms. The molecule has 1 heterocycles. The lowest BCUT2D eigenvalue weighted by Crippen LogP contribution is -2.42. The van der Waals surface area contributed by atoms with Crippen LogP contribution < -0.4 is 4.74 Å². The Hall–Kier alpha value is -1.23. The molecule has 116 valence electrons. The summed E-state index contributed by atoms with van der Waals surface area (Å²) in [6.45, 7) is 8.33. The van der Waals surface area contributed by atoms with E-state index in [1.165, 1.54) is 5.56 Å². The molecule has 0 saturated heterocycles. The van der Waals surface area contributed by atoms with E-state index in [2.05, 4.69) is 15.9 Å². The molecule has 1 aromatic carbocycles. The molecule has 1 aliphatic rings. The summed E-state index contributed by atoms with van der Waals surface area (Å²) >= 11 is 3.60. The van der Waals surface area contributed by atoms with Crippen LogP contribution in [0.4, 0.5) is 4.79 Å². The summed E-state index contributed by atoms with van der Waals surface area (Å²) in [4.78, 5) is 14.1. The van der Waals surface area contributed by atoms with Crippen molar-refractivity contribution in [1.29, 1.82) is 0 Å². The largest absolute Gasteiger partial charge is 0.496 e. The van der Waals surface area contributed by atoms with Crippen LogP contribution in [0.1, 0.15) is 44.9 Å². The lowest BCUT2D eigenvalue weighted by atomic mass is 9.93. The first-order valence-electron chi connectivity index (χ1n) is 7.09. The molecule has 5 heteroatoms. The van der Waals surface area contributed by atoms with Crippen LogP contribution in [0.3, 0.4) is 0 Å². The van der Waals surface area contributed by atoms with Gasteiger partial charge in [-0.2, -0.15) is 0 Å². The average molecular weight is 356 g/mol. The quantitative estimate of drug-likeness (QED) is 0.753. The van der Waals surface area contributed by atoms with Crippen LogP contribution in [0.5, 0.6) is 5.75 Å². The van der Waals surface area contributed by atoms with E-state index in [0.717, 1.165) is 22.2 Å². The van der Waals surface area contributed by atoms with Gasteiger partial charge < -0.3 is 14.4 Å². The van der Waals surface area contributed by atoms with Crippen LogP contribution in [0.25, 0.3) is 0 Å². The molecule has 0 aromatic heterocycles. The fraction of sp³-hybridized carbons (Fsp3) is 0.562. The van der Waals surface area contributed by atoms with Gasteiger partial charge in [-0.3, -0.25) is 0 Å². The van der Waals surface area contributed by atoms with Gasteiger partial charge in [0.15, 0.2) is 0 Å². The first-order valence-corrected chi connectivity index (χ1v) is 7.89. The van der Waals surface area contributed by atoms with Gasteiger partial charge in [0.1, 0.15) is 11.4 Å². The maximum absolute atomic E-state index is 12.3. The van der Waals surface area contributed by atoms with Gasteiger partial charge in [-0.25, -0.2) is 4.79 Å². The monoisotopic (exact) mass is 355 g/mol. The minimum absolute atomic E-state index is 0.00851. The Kier molecular flexibility index (Phi) is 4.51. The normalized spacial score (nSPS) is 18.2. The summed E-state index contributed by atoms with van der Waals surface area (Å²) < 4.78 is 11.8. The fourth-order valence-electron chi connectivity index (χ4n) is 2.58. The van der Waals surface area contributed by atoms with Crippen molar-refractivity contribution in [3.05, 3.63) is 27.7 Å². The molecule has 2 rings (SSSR count). The number of hydrogen-bond acceptors (Lipinski definition) is 3. The van der Waals surface area contributed by atoms with E-state index in [9.17, 15) is 4.79 Å². The highest BCUT2D eigenvalue weighted by atomic mass is 79.9. The predicted octanol–water partition coefficient (Wildman–Crippen LogP) is 4.31. The predicted molar refractivity (Wildman–Crippen MR) is 85.8 cm³/mol. The van der Waals surface area contributed by atoms with Crippen LogP contribution in [-0.4, -0.2) is 30.2 Å². The van der Waals surface area contributed by atoms with Crippen molar-refractivity contribution < 1.29 is 14.3 Å². The lowest BCUT2D eigenvalue weighted by molar-refractivity contribution is 0.0159. The van der Waals surface area contributed by atoms with E-state index in [1.807, 2.05) is 39.8 Å². The molecular weight excluding hydrogens is 334 g/mol. The van der Waals surface area contributed by atoms with Crippen molar-refractivity contribution in [2.75, 3.05) is 13.7 Å². The van der Waals surface area contributed by atoms with Crippen molar-refractivity contribution in [1.82, 2.24) is 4.90 Å². The molecule has 0 saturated carbocycles. The highest BCUT2D eigenvalue weighted by Crippen LogP contribution is 2.39. The summed E-state index contributed by atoms with van der Waals surface area (Å²) in [7, 11) is 1.66. The Morgan fingerprint density at radius 1 is 1.38 bits per heavy atom. The molecule has 1 aromatic rings. The van der Waals surface area contributed by atoms with Crippen molar-refractivity contribution in [2.45, 2.75) is 45.8 Å². The van der Waals surface area contributed by atoms with Gasteiger partial charge >= 0.3 is 6.09 Å². The number of benzene rings is 1. The zero-order valence-corrected chi connectivity index (χ0v) is 14.8. The topological polar surface area (TPSA) is 38.8 Å². The molecule has 4 nitrogen and oxygen atoms in total. The van der Waals surface area contributed by atoms with Crippen LogP contribution in [0, 0.1) is 0 Å². The van der Waals surface area contributed by atoms with E-state index in [4.69, 9.17) is 9.47 Å². The van der Waals surface area contributed by atoms with Crippen molar-refractivity contribution >= 4 is 22.0 Å². The van der Waals surface area contributed by atoms with E-state index < -0.39 is 5.60 Å². The molecule has 0 fully saturated rings. The third-order valence-electron chi connectivity index (χ3n) is 3.61. The SMILES string of the molecule is COc1ccc2c(c1Br)CCN(C(=O)OC(C)(C)C)C2C. The molecule has 0 spiro atoms. The minimum atomic E-state index is -0.475. The summed E-state index contributed by atoms with van der Waals surface area (Å²) in [5.74, 6) is 0.826. The van der Waals surface area contributed by atoms with E-state index >= 15 is 0 Å². The van der Waals surface area contributed by atoms with Gasteiger partial charge in [-0.1, -0.05) is 6.07 Å². The number of rotatable bonds is 1. The number of amides is 1. The van der Waals surface area contributed by atoms with Crippen molar-refractivity contribution in [3.63, 3.8) is 0 Å². The third-order valence-corrected chi connectivity index (χ3v) is 4.48. The molecule has 1 aliphatic heterocycles. The summed E-state index contributed by atoms with van der Waals surface area (Å²) in [6, 6.07) is 3.95. The number of nitrogens with zero attached hydrogens (tertiary/aromatic N) is 1. The Balaban J connectivity index is 2.27. The Bertz CT molecular complexity index is 551. The van der Waals surface area contributed by atoms with Crippen LogP contribution in [0.15, 0.2) is 16.6 Å². The number of hydrogen-bond donors (Lipinski definition) is 0. The smallest absolute Gasteiger partial charge is 0.410 e. The first kappa shape index (κ1) is 16.1. The lowest BCUT2D eigenvalue weighted by Gasteiger charge is -2.36. The Morgan fingerprint density at radius 2 is 2.05 bits per heavy atom. The molecular formula is C16H22BrNO3. The standard InChI is InChI=1S/C16H22BrNO3/c1-10-11-6-7-13(20-5)14(17)12(11)8-9-18(10)15(19)21-16(2,3)4/h6-7,10H,8-9H2,1-5H3. The van der Waals surface area contributed by atoms with Gasteiger partial charge in [0, 0.05) is 6.54 Å². The second kappa shape index (κ2) is 5.87. The van der Waals surface area contributed by atoms with Crippen molar-refractivity contribution in [2.24, 2.45) is 0 Å². The highest BCUT2D eigenvalue weighted by Gasteiger charge is 2.32. The second-order valence-electron chi connectivity index (χ2n) is 6.25. The minimum Gasteiger partial charge on any atom is -0.496 e. The number of carbonyl (C=O) groups is 1. The van der Waals surface area contributed by atoms with Gasteiger partial charge in [0.25, 0.3) is 0 Å². The fourth-order valence-corrected chi connectivity index (χ4v) is 3.30. The zero-order valence-electron chi connectivity index (χ0n) is 13.2. The van der Waals surface area contributed by atoms with Crippen molar-refractivity contribution in [3.8, 4) is 5.75 Å². The van der Waals surface area contributed by atoms with Gasteiger partial charge in [0.05, 0.1) is 17.6 Å². The van der Waals surface area contributed by atoms with Gasteiger partial charge in [-0.05, 0) is 67.2 Å². The maximum atomic E-state index is 12.3. The number of halogens is 1. The summed E-state index contributed by atoms with van der Waals surface area (Å²) in [5.41, 5.74) is 1.87. The number of carbonyl (C=O) groups excluding carboxylic acids is 1. The van der Waals surface area contributed by atoms with Crippen LogP contribution in [-0.2, 0) is 11.2 Å².